The molecule has 9 nitrogen and oxygen atoms in total. The molecule has 1 aliphatic heterocycles. The van der Waals surface area contributed by atoms with Crippen LogP contribution in [0.5, 0.6) is 5.75 Å². The lowest BCUT2D eigenvalue weighted by Crippen LogP contribution is -2.41. The molecule has 0 unspecified atom stereocenters. The molecule has 9 heteroatoms. The van der Waals surface area contributed by atoms with E-state index < -0.39 is 0 Å². The zero-order chi connectivity index (χ0) is 22.9. The number of likely N-dealkylation sites (N-methyl/N-ethyl adjacent to an activating group) is 1. The van der Waals surface area contributed by atoms with Gasteiger partial charge in [0.2, 0.25) is 5.91 Å². The van der Waals surface area contributed by atoms with Crippen molar-refractivity contribution in [3.8, 4) is 5.75 Å². The number of ether oxygens (including phenoxy) is 1. The Balaban J connectivity index is 1.38. The van der Waals surface area contributed by atoms with E-state index in [9.17, 15) is 9.59 Å². The van der Waals surface area contributed by atoms with E-state index in [1.54, 1.807) is 7.05 Å². The Morgan fingerprint density at radius 1 is 1.21 bits per heavy atom. The Bertz CT molecular complexity index is 1160. The number of primary amides is 1. The number of hydrogen-bond donors (Lipinski definition) is 3. The summed E-state index contributed by atoms with van der Waals surface area (Å²) in [6, 6.07) is 7.44. The quantitative estimate of drug-likeness (QED) is 0.527. The summed E-state index contributed by atoms with van der Waals surface area (Å²) < 4.78 is 5.55. The largest absolute Gasteiger partial charge is 0.484 e. The van der Waals surface area contributed by atoms with Gasteiger partial charge < -0.3 is 21.1 Å². The van der Waals surface area contributed by atoms with Crippen LogP contribution < -0.4 is 21.1 Å². The van der Waals surface area contributed by atoms with E-state index in [1.165, 1.54) is 0 Å². The fourth-order valence-electron chi connectivity index (χ4n) is 4.95. The minimum atomic E-state index is -0.285. The van der Waals surface area contributed by atoms with E-state index in [-0.39, 0.29) is 42.2 Å². The lowest BCUT2D eigenvalue weighted by Gasteiger charge is -2.27. The predicted octanol–water partition coefficient (Wildman–Crippen LogP) is 1.54. The number of carbonyl (C=O) groups is 2. The van der Waals surface area contributed by atoms with Crippen LogP contribution >= 0.6 is 0 Å². The number of benzene rings is 1. The maximum absolute atomic E-state index is 12.1. The first-order valence-electron chi connectivity index (χ1n) is 11.1. The van der Waals surface area contributed by atoms with Gasteiger partial charge in [0.25, 0.3) is 5.91 Å². The fraction of sp³-hybridized carbons (Fsp3) is 0.375. The first-order chi connectivity index (χ1) is 16.0. The lowest BCUT2D eigenvalue weighted by atomic mass is 9.88. The summed E-state index contributed by atoms with van der Waals surface area (Å²) in [5.74, 6) is 1.61. The minimum absolute atomic E-state index is 0.0419. The Hall–Kier alpha value is -3.75. The van der Waals surface area contributed by atoms with Crippen molar-refractivity contribution in [3.63, 3.8) is 0 Å². The number of hydrogen-bond acceptors (Lipinski definition) is 7. The molecular weight excluding hydrogens is 420 g/mol. The highest BCUT2D eigenvalue weighted by molar-refractivity contribution is 5.82. The van der Waals surface area contributed by atoms with Crippen molar-refractivity contribution in [3.05, 3.63) is 53.5 Å². The van der Waals surface area contributed by atoms with Gasteiger partial charge in [0.15, 0.2) is 12.4 Å². The lowest BCUT2D eigenvalue weighted by molar-refractivity contribution is -0.123. The van der Waals surface area contributed by atoms with Crippen molar-refractivity contribution >= 4 is 29.5 Å². The molecule has 1 fully saturated rings. The molecule has 1 aromatic heterocycles. The first-order valence-corrected chi connectivity index (χ1v) is 11.1. The van der Waals surface area contributed by atoms with E-state index in [0.717, 1.165) is 23.4 Å². The molecule has 2 bridgehead atoms. The number of rotatable bonds is 8. The Morgan fingerprint density at radius 2 is 2.06 bits per heavy atom. The highest BCUT2D eigenvalue weighted by atomic mass is 16.5. The van der Waals surface area contributed by atoms with Crippen LogP contribution in [0.2, 0.25) is 0 Å². The summed E-state index contributed by atoms with van der Waals surface area (Å²) in [6.45, 7) is -0.0419. The molecule has 4 N–H and O–H groups in total. The van der Waals surface area contributed by atoms with Crippen molar-refractivity contribution in [2.75, 3.05) is 19.0 Å². The van der Waals surface area contributed by atoms with Crippen LogP contribution in [-0.4, -0.2) is 47.7 Å². The number of nitrogens with one attached hydrogen (secondary N) is 2. The second-order valence-electron chi connectivity index (χ2n) is 8.63. The Kier molecular flexibility index (Phi) is 5.53. The third kappa shape index (κ3) is 4.18. The molecule has 3 aliphatic rings. The Labute approximate surface area is 191 Å². The maximum atomic E-state index is 12.1. The fourth-order valence-corrected chi connectivity index (χ4v) is 4.95. The number of aliphatic imine (C=N–C) groups is 1. The number of nitrogens with two attached hydrogens (primary N) is 1. The SMILES string of the molecule is CNC(=O)COc1cccc(Cc2nc3c(c(N[C@@H]4[C@H](C(N)=O)[C@@H]5C=C[C@H]4C5)n2)N=CC3)c1. The molecule has 0 spiro atoms. The average Bonchev–Trinajstić information content (AvgIpc) is 3.54. The standard InChI is InChI=1S/C24H26N6O3/c1-26-19(31)12-33-16-4-2-3-13(9-16)10-18-28-17-7-8-27-22(17)24(29-18)30-21-15-6-5-14(11-15)20(21)23(25)32/h2-6,8-9,14-15,20-21H,7,10-12H2,1H3,(H2,25,32)(H,26,31)(H,28,29,30)/t14-,15+,20-,21+/m1/s1. The highest BCUT2D eigenvalue weighted by Gasteiger charge is 2.47. The van der Waals surface area contributed by atoms with Crippen LogP contribution in [0.1, 0.15) is 23.5 Å². The van der Waals surface area contributed by atoms with E-state index >= 15 is 0 Å². The highest BCUT2D eigenvalue weighted by Crippen LogP contribution is 2.45. The van der Waals surface area contributed by atoms with Crippen molar-refractivity contribution in [1.82, 2.24) is 15.3 Å². The number of fused-ring (bicyclic) bond motifs is 3. The van der Waals surface area contributed by atoms with Crippen molar-refractivity contribution in [1.29, 1.82) is 0 Å². The summed E-state index contributed by atoms with van der Waals surface area (Å²) in [7, 11) is 1.57. The smallest absolute Gasteiger partial charge is 0.257 e. The van der Waals surface area contributed by atoms with Crippen LogP contribution in [0.25, 0.3) is 0 Å². The molecule has 2 heterocycles. The molecule has 1 saturated carbocycles. The van der Waals surface area contributed by atoms with Gasteiger partial charge in [-0.05, 0) is 36.0 Å². The second-order valence-corrected chi connectivity index (χ2v) is 8.63. The molecule has 33 heavy (non-hydrogen) atoms. The normalized spacial score (nSPS) is 24.0. The molecule has 0 radical (unpaired) electrons. The van der Waals surface area contributed by atoms with Gasteiger partial charge >= 0.3 is 0 Å². The Morgan fingerprint density at radius 3 is 2.88 bits per heavy atom. The van der Waals surface area contributed by atoms with Gasteiger partial charge in [-0.2, -0.15) is 0 Å². The summed E-state index contributed by atoms with van der Waals surface area (Å²) in [6.07, 6.45) is 8.16. The van der Waals surface area contributed by atoms with Gasteiger partial charge in [0.1, 0.15) is 17.3 Å². The number of amides is 2. The van der Waals surface area contributed by atoms with Gasteiger partial charge in [0, 0.05) is 32.1 Å². The minimum Gasteiger partial charge on any atom is -0.484 e. The molecule has 0 saturated heterocycles. The number of carbonyl (C=O) groups excluding carboxylic acids is 2. The number of anilines is 1. The van der Waals surface area contributed by atoms with E-state index in [0.29, 0.717) is 30.2 Å². The number of aromatic nitrogens is 2. The van der Waals surface area contributed by atoms with Gasteiger partial charge in [-0.3, -0.25) is 14.6 Å². The van der Waals surface area contributed by atoms with Crippen molar-refractivity contribution < 1.29 is 14.3 Å². The van der Waals surface area contributed by atoms with Gasteiger partial charge in [-0.15, -0.1) is 0 Å². The molecule has 2 aliphatic carbocycles. The summed E-state index contributed by atoms with van der Waals surface area (Å²) in [4.78, 5) is 37.6. The number of nitrogens with zero attached hydrogens (tertiary/aromatic N) is 3. The summed E-state index contributed by atoms with van der Waals surface area (Å²) in [5, 5.41) is 6.03. The monoisotopic (exact) mass is 446 g/mol. The van der Waals surface area contributed by atoms with E-state index in [2.05, 4.69) is 27.8 Å². The molecule has 5 rings (SSSR count). The zero-order valence-corrected chi connectivity index (χ0v) is 18.3. The van der Waals surface area contributed by atoms with Crippen LogP contribution in [0.4, 0.5) is 11.5 Å². The van der Waals surface area contributed by atoms with E-state index in [1.807, 2.05) is 30.5 Å². The average molecular weight is 447 g/mol. The van der Waals surface area contributed by atoms with Crippen molar-refractivity contribution in [2.24, 2.45) is 28.5 Å². The van der Waals surface area contributed by atoms with Gasteiger partial charge in [-0.1, -0.05) is 24.3 Å². The first kappa shape index (κ1) is 21.1. The van der Waals surface area contributed by atoms with Crippen LogP contribution in [0.3, 0.4) is 0 Å². The molecular formula is C24H26N6O3. The maximum Gasteiger partial charge on any atom is 0.257 e. The predicted molar refractivity (Wildman–Crippen MR) is 124 cm³/mol. The molecule has 2 aromatic rings. The van der Waals surface area contributed by atoms with Crippen LogP contribution in [0, 0.1) is 17.8 Å². The molecule has 1 aromatic carbocycles. The van der Waals surface area contributed by atoms with Gasteiger partial charge in [-0.25, -0.2) is 9.97 Å². The van der Waals surface area contributed by atoms with Crippen molar-refractivity contribution in [2.45, 2.75) is 25.3 Å². The topological polar surface area (TPSA) is 132 Å². The number of allylic oxidation sites excluding steroid dienone is 1. The van der Waals surface area contributed by atoms with Gasteiger partial charge in [0.05, 0.1) is 11.6 Å². The summed E-state index contributed by atoms with van der Waals surface area (Å²) in [5.41, 5.74) is 8.29. The summed E-state index contributed by atoms with van der Waals surface area (Å²) >= 11 is 0. The third-order valence-electron chi connectivity index (χ3n) is 6.51. The second kappa shape index (κ2) is 8.65. The zero-order valence-electron chi connectivity index (χ0n) is 18.3. The molecule has 170 valence electrons. The molecule has 4 atom stereocenters. The van der Waals surface area contributed by atoms with E-state index in [4.69, 9.17) is 20.4 Å². The van der Waals surface area contributed by atoms with Crippen LogP contribution in [-0.2, 0) is 22.4 Å². The van der Waals surface area contributed by atoms with Crippen LogP contribution in [0.15, 0.2) is 41.4 Å². The molecule has 2 amide bonds. The third-order valence-corrected chi connectivity index (χ3v) is 6.51.